The van der Waals surface area contributed by atoms with Crippen LogP contribution in [-0.2, 0) is 4.57 Å². The molecule has 0 saturated carbocycles. The Morgan fingerprint density at radius 3 is 2.67 bits per heavy atom. The van der Waals surface area contributed by atoms with Gasteiger partial charge in [0.25, 0.3) is 0 Å². The molecule has 72 valence electrons. The highest BCUT2D eigenvalue weighted by atomic mass is 32.7. The molecule has 0 aromatic heterocycles. The standard InChI is InChI=1S/C4H12N3O3PS/c5-2-1-4(6)3-12-11(9,10)7-8/h4H,1-3,5-6H2,(H,9,10). The Bertz CT molecular complexity index is 190. The number of rotatable bonds is 6. The summed E-state index contributed by atoms with van der Waals surface area (Å²) in [6.45, 7) is -3.46. The van der Waals surface area contributed by atoms with E-state index in [1.54, 1.807) is 0 Å². The molecule has 8 heteroatoms. The second-order valence-corrected chi connectivity index (χ2v) is 6.14. The summed E-state index contributed by atoms with van der Waals surface area (Å²) in [5, 5.41) is 0. The van der Waals surface area contributed by atoms with Gasteiger partial charge in [-0.1, -0.05) is 0 Å². The molecular weight excluding hydrogens is 201 g/mol. The summed E-state index contributed by atoms with van der Waals surface area (Å²) in [6.07, 6.45) is 0.561. The maximum atomic E-state index is 10.6. The number of nitrogens with two attached hydrogens (primary N) is 2. The van der Waals surface area contributed by atoms with Crippen LogP contribution in [0.5, 0.6) is 0 Å². The van der Waals surface area contributed by atoms with Gasteiger partial charge in [-0.2, -0.15) is 0 Å². The molecule has 0 amide bonds. The summed E-state index contributed by atoms with van der Waals surface area (Å²) in [7, 11) is 0. The molecule has 12 heavy (non-hydrogen) atoms. The minimum absolute atomic E-state index is 0.219. The molecule has 0 saturated heterocycles. The van der Waals surface area contributed by atoms with E-state index in [1.807, 2.05) is 0 Å². The monoisotopic (exact) mass is 213 g/mol. The summed E-state index contributed by atoms with van der Waals surface area (Å²) in [4.78, 5) is 20.5. The zero-order chi connectivity index (χ0) is 9.61. The van der Waals surface area contributed by atoms with Gasteiger partial charge >= 0.3 is 6.72 Å². The molecule has 0 aliphatic rings. The van der Waals surface area contributed by atoms with Gasteiger partial charge in [0.15, 0.2) is 0 Å². The van der Waals surface area contributed by atoms with E-state index < -0.39 is 6.72 Å². The topological polar surface area (TPSA) is 119 Å². The molecule has 2 atom stereocenters. The average molecular weight is 213 g/mol. The highest BCUT2D eigenvalue weighted by Gasteiger charge is 2.20. The van der Waals surface area contributed by atoms with Crippen LogP contribution in [0.15, 0.2) is 4.95 Å². The van der Waals surface area contributed by atoms with Gasteiger partial charge in [-0.05, 0) is 24.3 Å². The predicted molar refractivity (Wildman–Crippen MR) is 49.7 cm³/mol. The number of nitroso groups, excluding NO2 is 1. The molecule has 0 aliphatic heterocycles. The molecule has 6 nitrogen and oxygen atoms in total. The van der Waals surface area contributed by atoms with Gasteiger partial charge in [0, 0.05) is 16.7 Å². The summed E-state index contributed by atoms with van der Waals surface area (Å²) >= 11 is 0.578. The number of nitrogens with zero attached hydrogens (tertiary/aromatic N) is 1. The SMILES string of the molecule is NCCC(N)CSP(=O)(O)N=O. The van der Waals surface area contributed by atoms with Crippen molar-refractivity contribution in [2.75, 3.05) is 12.3 Å². The van der Waals surface area contributed by atoms with E-state index in [4.69, 9.17) is 16.4 Å². The minimum atomic E-state index is -3.89. The van der Waals surface area contributed by atoms with Crippen molar-refractivity contribution in [2.45, 2.75) is 12.5 Å². The quantitative estimate of drug-likeness (QED) is 0.430. The van der Waals surface area contributed by atoms with Gasteiger partial charge in [0.05, 0.1) is 0 Å². The van der Waals surface area contributed by atoms with Gasteiger partial charge in [0.2, 0.25) is 0 Å². The Hall–Kier alpha value is 0.0600. The van der Waals surface area contributed by atoms with Crippen LogP contribution in [0, 0.1) is 4.91 Å². The van der Waals surface area contributed by atoms with E-state index in [-0.39, 0.29) is 11.8 Å². The fraction of sp³-hybridized carbons (Fsp3) is 1.00. The van der Waals surface area contributed by atoms with Crippen molar-refractivity contribution in [2.24, 2.45) is 16.4 Å². The molecular formula is C4H12N3O3PS. The lowest BCUT2D eigenvalue weighted by Crippen LogP contribution is -2.25. The highest BCUT2D eigenvalue weighted by Crippen LogP contribution is 2.55. The lowest BCUT2D eigenvalue weighted by atomic mass is 10.2. The average Bonchev–Trinajstić information content (AvgIpc) is 2.02. The smallest absolute Gasteiger partial charge is 0.330 e. The molecule has 2 unspecified atom stereocenters. The first-order valence-electron chi connectivity index (χ1n) is 3.29. The zero-order valence-electron chi connectivity index (χ0n) is 6.42. The zero-order valence-corrected chi connectivity index (χ0v) is 8.13. The third kappa shape index (κ3) is 5.68. The van der Waals surface area contributed by atoms with Gasteiger partial charge in [-0.3, -0.25) is 4.57 Å². The lowest BCUT2D eigenvalue weighted by Gasteiger charge is -2.08. The third-order valence-corrected chi connectivity index (χ3v) is 3.87. The van der Waals surface area contributed by atoms with Crippen LogP contribution >= 0.6 is 18.1 Å². The van der Waals surface area contributed by atoms with Crippen molar-refractivity contribution in [1.82, 2.24) is 0 Å². The van der Waals surface area contributed by atoms with Crippen LogP contribution in [0.3, 0.4) is 0 Å². The maximum Gasteiger partial charge on any atom is 0.406 e. The van der Waals surface area contributed by atoms with E-state index in [1.165, 1.54) is 0 Å². The minimum Gasteiger partial charge on any atom is -0.330 e. The van der Waals surface area contributed by atoms with Crippen molar-refractivity contribution in [1.29, 1.82) is 0 Å². The van der Waals surface area contributed by atoms with E-state index >= 15 is 0 Å². The van der Waals surface area contributed by atoms with Crippen LogP contribution in [0.1, 0.15) is 6.42 Å². The molecule has 0 spiro atoms. The first kappa shape index (κ1) is 12.1. The van der Waals surface area contributed by atoms with Crippen molar-refractivity contribution in [3.8, 4) is 0 Å². The summed E-state index contributed by atoms with van der Waals surface area (Å²) in [5.74, 6) is 0.219. The van der Waals surface area contributed by atoms with Crippen LogP contribution < -0.4 is 11.5 Å². The van der Waals surface area contributed by atoms with Crippen LogP contribution in [0.2, 0.25) is 0 Å². The number of hydrogen-bond acceptors (Lipinski definition) is 5. The van der Waals surface area contributed by atoms with E-state index in [2.05, 4.69) is 4.95 Å². The van der Waals surface area contributed by atoms with Crippen LogP contribution in [0.4, 0.5) is 0 Å². The molecule has 0 rings (SSSR count). The van der Waals surface area contributed by atoms with E-state index in [0.717, 1.165) is 0 Å². The maximum absolute atomic E-state index is 10.6. The first-order chi connectivity index (χ1) is 5.52. The second kappa shape index (κ2) is 5.66. The molecule has 0 aromatic carbocycles. The molecule has 0 fully saturated rings. The van der Waals surface area contributed by atoms with E-state index in [0.29, 0.717) is 24.3 Å². The van der Waals surface area contributed by atoms with Crippen LogP contribution in [0.25, 0.3) is 0 Å². The first-order valence-corrected chi connectivity index (χ1v) is 6.50. The van der Waals surface area contributed by atoms with Gasteiger partial charge in [0.1, 0.15) is 0 Å². The normalized spacial score (nSPS) is 18.2. The molecule has 0 aromatic rings. The predicted octanol–water partition coefficient (Wildman–Crippen LogP) is 0.263. The Balaban J connectivity index is 3.67. The van der Waals surface area contributed by atoms with Crippen molar-refractivity contribution < 1.29 is 9.46 Å². The molecule has 0 radical (unpaired) electrons. The van der Waals surface area contributed by atoms with Gasteiger partial charge in [-0.25, -0.2) is 0 Å². The largest absolute Gasteiger partial charge is 0.406 e. The Labute approximate surface area is 74.3 Å². The summed E-state index contributed by atoms with van der Waals surface area (Å²) < 4.78 is 10.6. The van der Waals surface area contributed by atoms with Crippen LogP contribution in [-0.4, -0.2) is 23.2 Å². The fourth-order valence-corrected chi connectivity index (χ4v) is 2.41. The van der Waals surface area contributed by atoms with Crippen molar-refractivity contribution >= 4 is 18.1 Å². The summed E-state index contributed by atoms with van der Waals surface area (Å²) in [5.41, 5.74) is 10.7. The fourth-order valence-electron chi connectivity index (χ4n) is 0.514. The Morgan fingerprint density at radius 1 is 1.67 bits per heavy atom. The third-order valence-electron chi connectivity index (χ3n) is 1.10. The van der Waals surface area contributed by atoms with Crippen molar-refractivity contribution in [3.05, 3.63) is 4.91 Å². The second-order valence-electron chi connectivity index (χ2n) is 2.21. The van der Waals surface area contributed by atoms with Gasteiger partial charge in [-0.15, -0.1) is 4.91 Å². The molecule has 0 bridgehead atoms. The Morgan fingerprint density at radius 2 is 2.25 bits per heavy atom. The highest BCUT2D eigenvalue weighted by molar-refractivity contribution is 8.55. The van der Waals surface area contributed by atoms with Gasteiger partial charge < -0.3 is 16.4 Å². The lowest BCUT2D eigenvalue weighted by molar-refractivity contribution is 0.498. The Kier molecular flexibility index (Phi) is 5.69. The molecule has 0 aliphatic carbocycles. The van der Waals surface area contributed by atoms with E-state index in [9.17, 15) is 9.47 Å². The number of hydrogen-bond donors (Lipinski definition) is 3. The summed E-state index contributed by atoms with van der Waals surface area (Å²) in [6, 6.07) is -0.262. The molecule has 0 heterocycles. The molecule has 5 N–H and O–H groups in total. The van der Waals surface area contributed by atoms with Crippen molar-refractivity contribution in [3.63, 3.8) is 0 Å².